The van der Waals surface area contributed by atoms with Gasteiger partial charge in [0.15, 0.2) is 0 Å². The van der Waals surface area contributed by atoms with E-state index in [0.29, 0.717) is 5.92 Å². The summed E-state index contributed by atoms with van der Waals surface area (Å²) in [4.78, 5) is 2.64. The van der Waals surface area contributed by atoms with Crippen molar-refractivity contribution in [3.63, 3.8) is 0 Å². The van der Waals surface area contributed by atoms with Gasteiger partial charge in [-0.05, 0) is 55.5 Å². The van der Waals surface area contributed by atoms with Crippen LogP contribution in [-0.4, -0.2) is 0 Å². The van der Waals surface area contributed by atoms with Crippen molar-refractivity contribution in [1.82, 2.24) is 0 Å². The van der Waals surface area contributed by atoms with Gasteiger partial charge >= 0.3 is 0 Å². The lowest BCUT2D eigenvalue weighted by Gasteiger charge is -2.15. The second kappa shape index (κ2) is 5.25. The van der Waals surface area contributed by atoms with Crippen molar-refractivity contribution >= 4 is 51.4 Å². The highest BCUT2D eigenvalue weighted by Gasteiger charge is 2.26. The molecule has 0 aliphatic heterocycles. The third-order valence-corrected chi connectivity index (χ3v) is 6.07. The maximum absolute atomic E-state index is 6.15. The standard InChI is InChI=1S/C15H14Cl2S2/c1-8-12(6-14(16)18-8)10-4-3-5-11(10)13-7-15(17)19-9(13)2/h4,6-7,11H,3,5H2,1-2H3. The van der Waals surface area contributed by atoms with E-state index in [2.05, 4.69) is 32.1 Å². The lowest BCUT2D eigenvalue weighted by Crippen LogP contribution is -1.97. The van der Waals surface area contributed by atoms with Crippen LogP contribution in [0.15, 0.2) is 18.2 Å². The number of rotatable bonds is 2. The molecule has 19 heavy (non-hydrogen) atoms. The maximum atomic E-state index is 6.15. The summed E-state index contributed by atoms with van der Waals surface area (Å²) in [5.74, 6) is 0.480. The molecule has 2 aromatic heterocycles. The van der Waals surface area contributed by atoms with Gasteiger partial charge in [-0.25, -0.2) is 0 Å². The first kappa shape index (κ1) is 13.7. The van der Waals surface area contributed by atoms with Crippen molar-refractivity contribution in [2.45, 2.75) is 32.6 Å². The van der Waals surface area contributed by atoms with Gasteiger partial charge in [-0.1, -0.05) is 29.3 Å². The van der Waals surface area contributed by atoms with E-state index in [4.69, 9.17) is 23.2 Å². The fourth-order valence-corrected chi connectivity index (χ4v) is 5.34. The summed E-state index contributed by atoms with van der Waals surface area (Å²) in [5.41, 5.74) is 4.14. The van der Waals surface area contributed by atoms with E-state index in [1.54, 1.807) is 22.7 Å². The first-order valence-electron chi connectivity index (χ1n) is 6.28. The predicted octanol–water partition coefficient (Wildman–Crippen LogP) is 6.69. The molecule has 0 bridgehead atoms. The Hall–Kier alpha value is -0.280. The Balaban J connectivity index is 2.02. The van der Waals surface area contributed by atoms with Crippen LogP contribution in [0.4, 0.5) is 0 Å². The minimum Gasteiger partial charge on any atom is -0.128 e. The van der Waals surface area contributed by atoms with Crippen LogP contribution in [0.1, 0.15) is 39.6 Å². The molecule has 1 unspecified atom stereocenters. The van der Waals surface area contributed by atoms with E-state index < -0.39 is 0 Å². The average molecular weight is 329 g/mol. The Bertz CT molecular complexity index is 649. The van der Waals surface area contributed by atoms with Gasteiger partial charge in [-0.3, -0.25) is 0 Å². The maximum Gasteiger partial charge on any atom is 0.0937 e. The number of hydrogen-bond acceptors (Lipinski definition) is 2. The smallest absolute Gasteiger partial charge is 0.0937 e. The van der Waals surface area contributed by atoms with Gasteiger partial charge in [0.05, 0.1) is 8.67 Å². The molecule has 0 N–H and O–H groups in total. The van der Waals surface area contributed by atoms with Crippen LogP contribution < -0.4 is 0 Å². The minimum absolute atomic E-state index is 0.480. The number of allylic oxidation sites excluding steroid dienone is 2. The van der Waals surface area contributed by atoms with Gasteiger partial charge in [0, 0.05) is 15.7 Å². The number of hydrogen-bond donors (Lipinski definition) is 0. The second-order valence-electron chi connectivity index (χ2n) is 4.87. The molecule has 0 nitrogen and oxygen atoms in total. The van der Waals surface area contributed by atoms with Crippen molar-refractivity contribution < 1.29 is 0 Å². The molecule has 100 valence electrons. The molecule has 0 aromatic carbocycles. The molecule has 0 radical (unpaired) electrons. The molecule has 0 spiro atoms. The van der Waals surface area contributed by atoms with Crippen LogP contribution in [0.3, 0.4) is 0 Å². The van der Waals surface area contributed by atoms with Crippen molar-refractivity contribution in [1.29, 1.82) is 0 Å². The van der Waals surface area contributed by atoms with Crippen molar-refractivity contribution in [3.05, 3.63) is 47.8 Å². The van der Waals surface area contributed by atoms with Crippen LogP contribution in [0.5, 0.6) is 0 Å². The monoisotopic (exact) mass is 328 g/mol. The van der Waals surface area contributed by atoms with E-state index in [-0.39, 0.29) is 0 Å². The van der Waals surface area contributed by atoms with Crippen molar-refractivity contribution in [3.8, 4) is 0 Å². The molecule has 1 atom stereocenters. The lowest BCUT2D eigenvalue weighted by atomic mass is 9.89. The zero-order chi connectivity index (χ0) is 13.6. The largest absolute Gasteiger partial charge is 0.128 e. The summed E-state index contributed by atoms with van der Waals surface area (Å²) in [5, 5.41) is 0. The molecule has 1 aliphatic rings. The quantitative estimate of drug-likeness (QED) is 0.575. The molecular formula is C15H14Cl2S2. The zero-order valence-corrected chi connectivity index (χ0v) is 13.9. The zero-order valence-electron chi connectivity index (χ0n) is 10.8. The normalized spacial score (nSPS) is 18.9. The Kier molecular flexibility index (Phi) is 3.78. The highest BCUT2D eigenvalue weighted by molar-refractivity contribution is 7.16. The molecule has 2 aromatic rings. The summed E-state index contributed by atoms with van der Waals surface area (Å²) in [7, 11) is 0. The van der Waals surface area contributed by atoms with Crippen LogP contribution in [0.25, 0.3) is 5.57 Å². The summed E-state index contributed by atoms with van der Waals surface area (Å²) < 4.78 is 1.76. The molecule has 0 saturated carbocycles. The SMILES string of the molecule is Cc1sc(Cl)cc1C1=CCCC1c1cc(Cl)sc1C. The fourth-order valence-electron chi connectivity index (χ4n) is 2.86. The first-order chi connectivity index (χ1) is 9.06. The molecular weight excluding hydrogens is 315 g/mol. The lowest BCUT2D eigenvalue weighted by molar-refractivity contribution is 0.810. The molecule has 0 amide bonds. The van der Waals surface area contributed by atoms with Gasteiger partial charge < -0.3 is 0 Å². The summed E-state index contributed by atoms with van der Waals surface area (Å²) >= 11 is 15.6. The Morgan fingerprint density at radius 3 is 2.32 bits per heavy atom. The summed E-state index contributed by atoms with van der Waals surface area (Å²) in [6, 6.07) is 4.24. The second-order valence-corrected chi connectivity index (χ2v) is 8.65. The average Bonchev–Trinajstić information content (AvgIpc) is 2.98. The first-order valence-corrected chi connectivity index (χ1v) is 8.67. The van der Waals surface area contributed by atoms with Gasteiger partial charge in [-0.2, -0.15) is 0 Å². The van der Waals surface area contributed by atoms with Gasteiger partial charge in [0.2, 0.25) is 0 Å². The molecule has 3 rings (SSSR count). The van der Waals surface area contributed by atoms with Crippen molar-refractivity contribution in [2.75, 3.05) is 0 Å². The van der Waals surface area contributed by atoms with Gasteiger partial charge in [-0.15, -0.1) is 22.7 Å². The third kappa shape index (κ3) is 2.52. The molecule has 0 saturated heterocycles. The molecule has 4 heteroatoms. The highest BCUT2D eigenvalue weighted by Crippen LogP contribution is 2.47. The van der Waals surface area contributed by atoms with Gasteiger partial charge in [0.1, 0.15) is 0 Å². The summed E-state index contributed by atoms with van der Waals surface area (Å²) in [6.07, 6.45) is 4.68. The summed E-state index contributed by atoms with van der Waals surface area (Å²) in [6.45, 7) is 4.31. The molecule has 1 aliphatic carbocycles. The van der Waals surface area contributed by atoms with E-state index in [1.165, 1.54) is 32.9 Å². The topological polar surface area (TPSA) is 0 Å². The van der Waals surface area contributed by atoms with Crippen LogP contribution in [0, 0.1) is 13.8 Å². The molecule has 2 heterocycles. The van der Waals surface area contributed by atoms with Crippen LogP contribution in [0.2, 0.25) is 8.67 Å². The van der Waals surface area contributed by atoms with Gasteiger partial charge in [0.25, 0.3) is 0 Å². The van der Waals surface area contributed by atoms with Crippen molar-refractivity contribution in [2.24, 2.45) is 0 Å². The number of halogens is 2. The highest BCUT2D eigenvalue weighted by atomic mass is 35.5. The van der Waals surface area contributed by atoms with Crippen LogP contribution in [-0.2, 0) is 0 Å². The molecule has 0 fully saturated rings. The Morgan fingerprint density at radius 2 is 1.74 bits per heavy atom. The predicted molar refractivity (Wildman–Crippen MR) is 88.1 cm³/mol. The number of aryl methyl sites for hydroxylation is 2. The van der Waals surface area contributed by atoms with E-state index in [9.17, 15) is 0 Å². The third-order valence-electron chi connectivity index (χ3n) is 3.70. The van der Waals surface area contributed by atoms with E-state index >= 15 is 0 Å². The Labute approximate surface area is 131 Å². The van der Waals surface area contributed by atoms with E-state index in [1.807, 2.05) is 0 Å². The fraction of sp³-hybridized carbons (Fsp3) is 0.333. The minimum atomic E-state index is 0.480. The number of thiophene rings is 2. The van der Waals surface area contributed by atoms with E-state index in [0.717, 1.165) is 15.1 Å². The Morgan fingerprint density at radius 1 is 1.05 bits per heavy atom. The van der Waals surface area contributed by atoms with Crippen LogP contribution >= 0.6 is 45.9 Å².